The molecule has 1 amide bonds. The van der Waals surface area contributed by atoms with Gasteiger partial charge in [-0.2, -0.15) is 0 Å². The molecule has 0 saturated heterocycles. The van der Waals surface area contributed by atoms with Gasteiger partial charge >= 0.3 is 6.09 Å². The van der Waals surface area contributed by atoms with Crippen LogP contribution in [-0.4, -0.2) is 25.3 Å². The average Bonchev–Trinajstić information content (AvgIpc) is 2.87. The number of carbonyl (C=O) groups excluding carboxylic acids is 1. The molecule has 3 aromatic carbocycles. The molecule has 0 saturated carbocycles. The van der Waals surface area contributed by atoms with Crippen LogP contribution in [0.3, 0.4) is 0 Å². The number of benzene rings is 3. The van der Waals surface area contributed by atoms with Gasteiger partial charge in [-0.15, -0.1) is 0 Å². The summed E-state index contributed by atoms with van der Waals surface area (Å²) >= 11 is 6.04. The first-order valence-corrected chi connectivity index (χ1v) is 11.7. The Kier molecular flexibility index (Phi) is 7.50. The van der Waals surface area contributed by atoms with Crippen LogP contribution in [0, 0.1) is 13.8 Å². The molecule has 4 aromatic rings. The maximum absolute atomic E-state index is 12.6. The Morgan fingerprint density at radius 1 is 0.917 bits per heavy atom. The Morgan fingerprint density at radius 3 is 2.39 bits per heavy atom. The number of amides is 1. The molecule has 0 radical (unpaired) electrons. The van der Waals surface area contributed by atoms with Crippen LogP contribution in [0.15, 0.2) is 60.8 Å². The lowest BCUT2D eigenvalue weighted by molar-refractivity contribution is 0.121. The summed E-state index contributed by atoms with van der Waals surface area (Å²) in [5, 5.41) is 4.20. The van der Waals surface area contributed by atoms with E-state index in [2.05, 4.69) is 10.3 Å². The molecule has 1 unspecified atom stereocenters. The molecule has 0 aliphatic carbocycles. The molecule has 1 heterocycles. The van der Waals surface area contributed by atoms with Gasteiger partial charge < -0.3 is 18.9 Å². The summed E-state index contributed by atoms with van der Waals surface area (Å²) < 4.78 is 22.6. The van der Waals surface area contributed by atoms with Crippen molar-refractivity contribution < 1.29 is 23.7 Å². The number of methoxy groups -OCH3 is 2. The maximum atomic E-state index is 12.6. The number of halogens is 1. The van der Waals surface area contributed by atoms with Crippen LogP contribution in [-0.2, 0) is 4.74 Å². The van der Waals surface area contributed by atoms with Gasteiger partial charge in [0.2, 0.25) is 0 Å². The number of carbonyl (C=O) groups is 1. The van der Waals surface area contributed by atoms with Crippen molar-refractivity contribution in [2.45, 2.75) is 26.9 Å². The monoisotopic (exact) mass is 506 g/mol. The Bertz CT molecular complexity index is 1420. The van der Waals surface area contributed by atoms with Crippen LogP contribution in [0.5, 0.6) is 23.0 Å². The first-order valence-electron chi connectivity index (χ1n) is 11.3. The molecule has 7 nitrogen and oxygen atoms in total. The van der Waals surface area contributed by atoms with E-state index >= 15 is 0 Å². The molecule has 4 rings (SSSR count). The first kappa shape index (κ1) is 25.1. The minimum atomic E-state index is -0.556. The largest absolute Gasteiger partial charge is 0.493 e. The highest BCUT2D eigenvalue weighted by Crippen LogP contribution is 2.38. The van der Waals surface area contributed by atoms with E-state index < -0.39 is 12.2 Å². The molecular weight excluding hydrogens is 480 g/mol. The van der Waals surface area contributed by atoms with E-state index in [1.165, 1.54) is 0 Å². The zero-order valence-corrected chi connectivity index (χ0v) is 21.5. The lowest BCUT2D eigenvalue weighted by atomic mass is 10.1. The van der Waals surface area contributed by atoms with Crippen molar-refractivity contribution in [2.24, 2.45) is 0 Å². The highest BCUT2D eigenvalue weighted by Gasteiger charge is 2.16. The zero-order chi connectivity index (χ0) is 25.8. The van der Waals surface area contributed by atoms with E-state index in [0.717, 1.165) is 27.6 Å². The summed E-state index contributed by atoms with van der Waals surface area (Å²) in [5.74, 6) is 2.45. The van der Waals surface area contributed by atoms with Crippen LogP contribution in [0.4, 0.5) is 10.5 Å². The molecule has 1 N–H and O–H groups in total. The first-order chi connectivity index (χ1) is 17.3. The quantitative estimate of drug-likeness (QED) is 0.277. The van der Waals surface area contributed by atoms with E-state index in [9.17, 15) is 4.79 Å². The number of ether oxygens (including phenoxy) is 4. The summed E-state index contributed by atoms with van der Waals surface area (Å²) in [4.78, 5) is 17.0. The van der Waals surface area contributed by atoms with E-state index in [-0.39, 0.29) is 0 Å². The van der Waals surface area contributed by atoms with Gasteiger partial charge in [0.15, 0.2) is 11.5 Å². The van der Waals surface area contributed by atoms with Gasteiger partial charge in [-0.3, -0.25) is 10.3 Å². The highest BCUT2D eigenvalue weighted by atomic mass is 35.5. The predicted octanol–water partition coefficient (Wildman–Crippen LogP) is 7.62. The highest BCUT2D eigenvalue weighted by molar-refractivity contribution is 6.30. The van der Waals surface area contributed by atoms with Crippen molar-refractivity contribution in [3.05, 3.63) is 82.5 Å². The molecule has 0 aliphatic rings. The minimum Gasteiger partial charge on any atom is -0.493 e. The van der Waals surface area contributed by atoms with Crippen LogP contribution >= 0.6 is 11.6 Å². The second-order valence-electron chi connectivity index (χ2n) is 8.22. The van der Waals surface area contributed by atoms with Crippen molar-refractivity contribution in [1.29, 1.82) is 0 Å². The molecule has 186 valence electrons. The van der Waals surface area contributed by atoms with Gasteiger partial charge in [0.1, 0.15) is 17.6 Å². The third kappa shape index (κ3) is 5.31. The summed E-state index contributed by atoms with van der Waals surface area (Å²) in [6.45, 7) is 5.64. The second kappa shape index (κ2) is 10.7. The molecular formula is C28H27ClN2O5. The molecule has 36 heavy (non-hydrogen) atoms. The molecule has 0 spiro atoms. The fourth-order valence-corrected chi connectivity index (χ4v) is 4.02. The fourth-order valence-electron chi connectivity index (χ4n) is 3.82. The van der Waals surface area contributed by atoms with E-state index in [4.69, 9.17) is 30.5 Å². The fraction of sp³-hybridized carbons (Fsp3) is 0.214. The van der Waals surface area contributed by atoms with Gasteiger partial charge in [0, 0.05) is 28.4 Å². The Hall–Kier alpha value is -3.97. The van der Waals surface area contributed by atoms with Crippen LogP contribution in [0.2, 0.25) is 5.02 Å². The van der Waals surface area contributed by atoms with E-state index in [0.29, 0.717) is 33.7 Å². The number of nitrogens with zero attached hydrogens (tertiary/aromatic N) is 1. The van der Waals surface area contributed by atoms with Crippen molar-refractivity contribution >= 4 is 34.3 Å². The van der Waals surface area contributed by atoms with Gasteiger partial charge in [-0.25, -0.2) is 4.79 Å². The third-order valence-electron chi connectivity index (χ3n) is 6.00. The number of anilines is 1. The van der Waals surface area contributed by atoms with Crippen molar-refractivity contribution in [3.63, 3.8) is 0 Å². The maximum Gasteiger partial charge on any atom is 0.412 e. The number of aromatic nitrogens is 1. The lowest BCUT2D eigenvalue weighted by Crippen LogP contribution is -2.17. The molecule has 0 aliphatic heterocycles. The molecule has 0 bridgehead atoms. The second-order valence-corrected chi connectivity index (χ2v) is 8.66. The van der Waals surface area contributed by atoms with Gasteiger partial charge in [0.25, 0.3) is 0 Å². The lowest BCUT2D eigenvalue weighted by Gasteiger charge is -2.18. The smallest absolute Gasteiger partial charge is 0.412 e. The number of pyridine rings is 1. The number of nitrogens with one attached hydrogen (secondary N) is 1. The van der Waals surface area contributed by atoms with Crippen LogP contribution in [0.25, 0.3) is 10.9 Å². The molecule has 1 atom stereocenters. The van der Waals surface area contributed by atoms with Crippen LogP contribution < -0.4 is 19.5 Å². The summed E-state index contributed by atoms with van der Waals surface area (Å²) in [5.41, 5.74) is 3.90. The molecule has 0 fully saturated rings. The van der Waals surface area contributed by atoms with E-state index in [1.54, 1.807) is 51.6 Å². The van der Waals surface area contributed by atoms with Gasteiger partial charge in [0.05, 0.1) is 19.7 Å². The SMILES string of the molecule is COc1cc2nccc(Oc3ccc(NC(=O)OC(C)c4cccc(Cl)c4)c(C)c3C)c2cc1OC. The van der Waals surface area contributed by atoms with E-state index in [1.807, 2.05) is 44.2 Å². The predicted molar refractivity (Wildman–Crippen MR) is 141 cm³/mol. The summed E-state index contributed by atoms with van der Waals surface area (Å²) in [6, 6.07) is 16.3. The zero-order valence-electron chi connectivity index (χ0n) is 20.7. The number of hydrogen-bond donors (Lipinski definition) is 1. The van der Waals surface area contributed by atoms with Crippen molar-refractivity contribution in [3.8, 4) is 23.0 Å². The number of rotatable bonds is 7. The summed E-state index contributed by atoms with van der Waals surface area (Å²) in [7, 11) is 3.17. The van der Waals surface area contributed by atoms with Crippen molar-refractivity contribution in [1.82, 2.24) is 4.98 Å². The topological polar surface area (TPSA) is 78.9 Å². The molecule has 8 heteroatoms. The average molecular weight is 507 g/mol. The Morgan fingerprint density at radius 2 is 1.67 bits per heavy atom. The van der Waals surface area contributed by atoms with Crippen LogP contribution in [0.1, 0.15) is 29.7 Å². The minimum absolute atomic E-state index is 0.455. The van der Waals surface area contributed by atoms with Gasteiger partial charge in [-0.05, 0) is 73.9 Å². The molecule has 1 aromatic heterocycles. The normalized spacial score (nSPS) is 11.6. The van der Waals surface area contributed by atoms with Crippen molar-refractivity contribution in [2.75, 3.05) is 19.5 Å². The number of hydrogen-bond acceptors (Lipinski definition) is 6. The Labute approximate surface area is 214 Å². The third-order valence-corrected chi connectivity index (χ3v) is 6.24. The number of fused-ring (bicyclic) bond motifs is 1. The Balaban J connectivity index is 1.53. The standard InChI is InChI=1S/C28H27ClN2O5/c1-16-17(2)24(36-25-11-12-30-23-15-27(34-5)26(33-4)14-21(23)25)10-9-22(16)31-28(32)35-18(3)19-7-6-8-20(29)13-19/h6-15,18H,1-5H3,(H,31,32). The summed E-state index contributed by atoms with van der Waals surface area (Å²) in [6.07, 6.45) is 0.668. The van der Waals surface area contributed by atoms with Gasteiger partial charge in [-0.1, -0.05) is 23.7 Å².